The Labute approximate surface area is 168 Å². The van der Waals surface area contributed by atoms with E-state index in [1.165, 1.54) is 23.3 Å². The van der Waals surface area contributed by atoms with Gasteiger partial charge in [-0.25, -0.2) is 8.42 Å². The van der Waals surface area contributed by atoms with Gasteiger partial charge in [-0.05, 0) is 37.3 Å². The minimum Gasteiger partial charge on any atom is -0.459 e. The summed E-state index contributed by atoms with van der Waals surface area (Å²) in [5.41, 5.74) is 0.669. The number of furan rings is 1. The quantitative estimate of drug-likeness (QED) is 0.742. The van der Waals surface area contributed by atoms with Crippen molar-refractivity contribution in [3.05, 3.63) is 54.0 Å². The lowest BCUT2D eigenvalue weighted by Crippen LogP contribution is -2.51. The van der Waals surface area contributed by atoms with Crippen LogP contribution in [-0.4, -0.2) is 61.7 Å². The molecule has 1 atom stereocenters. The molecule has 3 amide bonds. The van der Waals surface area contributed by atoms with Gasteiger partial charge in [0.2, 0.25) is 5.91 Å². The van der Waals surface area contributed by atoms with Gasteiger partial charge in [0.25, 0.3) is 11.8 Å². The summed E-state index contributed by atoms with van der Waals surface area (Å²) in [7, 11) is -3.09. The second-order valence-electron chi connectivity index (χ2n) is 6.68. The lowest BCUT2D eigenvalue weighted by Gasteiger charge is -2.29. The van der Waals surface area contributed by atoms with Crippen molar-refractivity contribution in [3.63, 3.8) is 0 Å². The number of amides is 3. The molecule has 1 unspecified atom stereocenters. The lowest BCUT2D eigenvalue weighted by molar-refractivity contribution is -0.132. The topological polar surface area (TPSA) is 126 Å². The molecule has 154 valence electrons. The first-order valence-electron chi connectivity index (χ1n) is 9.00. The van der Waals surface area contributed by atoms with Gasteiger partial charge in [-0.15, -0.1) is 0 Å². The fraction of sp³-hybridized carbons (Fsp3) is 0.316. The van der Waals surface area contributed by atoms with E-state index < -0.39 is 27.7 Å². The van der Waals surface area contributed by atoms with Crippen LogP contribution in [0.3, 0.4) is 0 Å². The van der Waals surface area contributed by atoms with Crippen LogP contribution in [0.1, 0.15) is 27.8 Å². The molecule has 0 radical (unpaired) electrons. The molecular weight excluding hydrogens is 398 g/mol. The van der Waals surface area contributed by atoms with Crippen molar-refractivity contribution in [2.45, 2.75) is 13.0 Å². The second kappa shape index (κ2) is 8.48. The Morgan fingerprint density at radius 2 is 1.79 bits per heavy atom. The van der Waals surface area contributed by atoms with Crippen LogP contribution in [0, 0.1) is 0 Å². The third-order valence-corrected chi connectivity index (χ3v) is 6.11. The smallest absolute Gasteiger partial charge is 0.291 e. The van der Waals surface area contributed by atoms with Crippen molar-refractivity contribution in [2.75, 3.05) is 29.9 Å². The molecule has 1 aromatic carbocycles. The number of carbonyl (C=O) groups excluding carboxylic acids is 3. The fourth-order valence-corrected chi connectivity index (χ4v) is 4.09. The first kappa shape index (κ1) is 20.6. The summed E-state index contributed by atoms with van der Waals surface area (Å²) in [6, 6.07) is 8.57. The second-order valence-corrected chi connectivity index (χ2v) is 8.99. The number of hydrogen-bond acceptors (Lipinski definition) is 6. The van der Waals surface area contributed by atoms with Crippen LogP contribution in [0.2, 0.25) is 0 Å². The number of carbonyl (C=O) groups is 3. The SMILES string of the molecule is CC(NC(=O)c1cccc(NC(=O)c2ccco2)c1)C(=O)N1CCS(=O)(=O)CC1. The van der Waals surface area contributed by atoms with Crippen LogP contribution in [0.5, 0.6) is 0 Å². The van der Waals surface area contributed by atoms with Gasteiger partial charge >= 0.3 is 0 Å². The number of nitrogens with one attached hydrogen (secondary N) is 2. The minimum atomic E-state index is -3.09. The van der Waals surface area contributed by atoms with Crippen LogP contribution in [0.15, 0.2) is 47.1 Å². The summed E-state index contributed by atoms with van der Waals surface area (Å²) in [4.78, 5) is 38.5. The number of hydrogen-bond donors (Lipinski definition) is 2. The van der Waals surface area contributed by atoms with Gasteiger partial charge in [0.1, 0.15) is 6.04 Å². The Morgan fingerprint density at radius 3 is 2.45 bits per heavy atom. The molecular formula is C19H21N3O6S. The third-order valence-electron chi connectivity index (χ3n) is 4.50. The predicted molar refractivity (Wildman–Crippen MR) is 105 cm³/mol. The van der Waals surface area contributed by atoms with Gasteiger partial charge < -0.3 is 20.0 Å². The number of nitrogens with zero attached hydrogens (tertiary/aromatic N) is 1. The number of sulfone groups is 1. The van der Waals surface area contributed by atoms with E-state index in [0.29, 0.717) is 5.69 Å². The first-order chi connectivity index (χ1) is 13.7. The Kier molecular flexibility index (Phi) is 6.02. The number of benzene rings is 1. The average molecular weight is 419 g/mol. The highest BCUT2D eigenvalue weighted by Crippen LogP contribution is 2.13. The number of rotatable bonds is 5. The molecule has 1 aliphatic heterocycles. The highest BCUT2D eigenvalue weighted by molar-refractivity contribution is 7.91. The summed E-state index contributed by atoms with van der Waals surface area (Å²) >= 11 is 0. The summed E-state index contributed by atoms with van der Waals surface area (Å²) in [6.45, 7) is 1.79. The van der Waals surface area contributed by atoms with Crippen LogP contribution < -0.4 is 10.6 Å². The van der Waals surface area contributed by atoms with E-state index in [4.69, 9.17) is 4.42 Å². The van der Waals surface area contributed by atoms with Gasteiger partial charge in [-0.1, -0.05) is 6.07 Å². The molecule has 2 aromatic rings. The van der Waals surface area contributed by atoms with Gasteiger partial charge in [-0.3, -0.25) is 14.4 Å². The van der Waals surface area contributed by atoms with Crippen molar-refractivity contribution < 1.29 is 27.2 Å². The average Bonchev–Trinajstić information content (AvgIpc) is 3.22. The molecule has 0 spiro atoms. The van der Waals surface area contributed by atoms with Gasteiger partial charge in [-0.2, -0.15) is 0 Å². The first-order valence-corrected chi connectivity index (χ1v) is 10.8. The van der Waals surface area contributed by atoms with Crippen molar-refractivity contribution >= 4 is 33.2 Å². The number of anilines is 1. The molecule has 29 heavy (non-hydrogen) atoms. The molecule has 3 rings (SSSR count). The summed E-state index contributed by atoms with van der Waals surface area (Å²) in [5, 5.41) is 5.24. The van der Waals surface area contributed by atoms with E-state index in [1.807, 2.05) is 0 Å². The van der Waals surface area contributed by atoms with E-state index in [9.17, 15) is 22.8 Å². The maximum Gasteiger partial charge on any atom is 0.291 e. The molecule has 1 saturated heterocycles. The molecule has 1 aliphatic rings. The minimum absolute atomic E-state index is 0.0726. The highest BCUT2D eigenvalue weighted by Gasteiger charge is 2.28. The monoisotopic (exact) mass is 419 g/mol. The van der Waals surface area contributed by atoms with E-state index in [0.717, 1.165) is 0 Å². The Hall–Kier alpha value is -3.14. The standard InChI is InChI=1S/C19H21N3O6S/c1-13(19(25)22-7-10-29(26,27)11-8-22)20-17(23)14-4-2-5-15(12-14)21-18(24)16-6-3-9-28-16/h2-6,9,12-13H,7-8,10-11H2,1H3,(H,20,23)(H,21,24). The highest BCUT2D eigenvalue weighted by atomic mass is 32.2. The van der Waals surface area contributed by atoms with Gasteiger partial charge in [0.15, 0.2) is 15.6 Å². The van der Waals surface area contributed by atoms with E-state index in [1.54, 1.807) is 31.2 Å². The van der Waals surface area contributed by atoms with Crippen LogP contribution in [0.4, 0.5) is 5.69 Å². The zero-order chi connectivity index (χ0) is 21.0. The van der Waals surface area contributed by atoms with E-state index in [2.05, 4.69) is 10.6 Å². The summed E-state index contributed by atoms with van der Waals surface area (Å²) < 4.78 is 28.0. The van der Waals surface area contributed by atoms with Crippen molar-refractivity contribution in [2.24, 2.45) is 0 Å². The van der Waals surface area contributed by atoms with Crippen LogP contribution in [0.25, 0.3) is 0 Å². The predicted octanol–water partition coefficient (Wildman–Crippen LogP) is 0.907. The van der Waals surface area contributed by atoms with Crippen molar-refractivity contribution in [3.8, 4) is 0 Å². The van der Waals surface area contributed by atoms with Crippen molar-refractivity contribution in [1.29, 1.82) is 0 Å². The Morgan fingerprint density at radius 1 is 1.07 bits per heavy atom. The molecule has 10 heteroatoms. The molecule has 1 aromatic heterocycles. The van der Waals surface area contributed by atoms with Gasteiger partial charge in [0.05, 0.1) is 17.8 Å². The molecule has 0 aliphatic carbocycles. The fourth-order valence-electron chi connectivity index (χ4n) is 2.89. The third kappa shape index (κ3) is 5.23. The van der Waals surface area contributed by atoms with Crippen LogP contribution >= 0.6 is 0 Å². The zero-order valence-electron chi connectivity index (χ0n) is 15.8. The van der Waals surface area contributed by atoms with E-state index in [-0.39, 0.29) is 41.8 Å². The lowest BCUT2D eigenvalue weighted by atomic mass is 10.1. The normalized spacial score (nSPS) is 16.7. The van der Waals surface area contributed by atoms with Crippen LogP contribution in [-0.2, 0) is 14.6 Å². The maximum absolute atomic E-state index is 12.5. The molecule has 2 heterocycles. The Balaban J connectivity index is 1.60. The van der Waals surface area contributed by atoms with Gasteiger partial charge in [0, 0.05) is 24.3 Å². The molecule has 9 nitrogen and oxygen atoms in total. The van der Waals surface area contributed by atoms with Crippen molar-refractivity contribution in [1.82, 2.24) is 10.2 Å². The summed E-state index contributed by atoms with van der Waals surface area (Å²) in [5.74, 6) is -1.27. The molecule has 1 fully saturated rings. The molecule has 0 bridgehead atoms. The molecule has 0 saturated carbocycles. The molecule has 2 N–H and O–H groups in total. The summed E-state index contributed by atoms with van der Waals surface area (Å²) in [6.07, 6.45) is 1.38. The maximum atomic E-state index is 12.5. The Bertz CT molecular complexity index is 1000. The zero-order valence-corrected chi connectivity index (χ0v) is 16.6. The van der Waals surface area contributed by atoms with E-state index >= 15 is 0 Å². The largest absolute Gasteiger partial charge is 0.459 e.